The summed E-state index contributed by atoms with van der Waals surface area (Å²) < 4.78 is 4.63. The van der Waals surface area contributed by atoms with Gasteiger partial charge in [0.25, 0.3) is 5.91 Å². The Labute approximate surface area is 92.8 Å². The van der Waals surface area contributed by atoms with Crippen molar-refractivity contribution in [2.75, 3.05) is 7.11 Å². The minimum absolute atomic E-state index is 0.218. The van der Waals surface area contributed by atoms with Crippen molar-refractivity contribution in [2.24, 2.45) is 0 Å². The molecule has 0 aliphatic carbocycles. The van der Waals surface area contributed by atoms with Crippen LogP contribution in [-0.2, 0) is 11.3 Å². The van der Waals surface area contributed by atoms with Crippen LogP contribution in [0.25, 0.3) is 0 Å². The summed E-state index contributed by atoms with van der Waals surface area (Å²) in [5, 5.41) is 2.68. The number of methoxy groups -OCH3 is 1. The van der Waals surface area contributed by atoms with Crippen molar-refractivity contribution in [3.05, 3.63) is 28.1 Å². The van der Waals surface area contributed by atoms with Crippen molar-refractivity contribution >= 4 is 11.9 Å². The SMILES string of the molecule is COC(=O)c1nc2c(c(C)c1C)CNC2=O. The second-order valence-corrected chi connectivity index (χ2v) is 3.71. The number of rotatable bonds is 1. The predicted octanol–water partition coefficient (Wildman–Crippen LogP) is 0.728. The fraction of sp³-hybridized carbons (Fsp3) is 0.364. The van der Waals surface area contributed by atoms with Gasteiger partial charge in [-0.1, -0.05) is 0 Å². The number of nitrogens with zero attached hydrogens (tertiary/aromatic N) is 1. The van der Waals surface area contributed by atoms with Crippen molar-refractivity contribution < 1.29 is 14.3 Å². The average molecular weight is 220 g/mol. The van der Waals surface area contributed by atoms with Gasteiger partial charge in [0.15, 0.2) is 5.69 Å². The molecule has 0 bridgehead atoms. The maximum absolute atomic E-state index is 11.5. The number of hydrogen-bond donors (Lipinski definition) is 1. The van der Waals surface area contributed by atoms with Gasteiger partial charge in [-0.05, 0) is 25.0 Å². The highest BCUT2D eigenvalue weighted by Crippen LogP contribution is 2.23. The van der Waals surface area contributed by atoms with Crippen molar-refractivity contribution in [3.8, 4) is 0 Å². The second kappa shape index (κ2) is 3.59. The second-order valence-electron chi connectivity index (χ2n) is 3.71. The van der Waals surface area contributed by atoms with Crippen LogP contribution in [0, 0.1) is 13.8 Å². The van der Waals surface area contributed by atoms with Gasteiger partial charge in [0.1, 0.15) is 5.69 Å². The van der Waals surface area contributed by atoms with Gasteiger partial charge in [-0.3, -0.25) is 4.79 Å². The van der Waals surface area contributed by atoms with E-state index < -0.39 is 5.97 Å². The molecule has 0 atom stereocenters. The third kappa shape index (κ3) is 1.36. The van der Waals surface area contributed by atoms with Crippen LogP contribution in [0.3, 0.4) is 0 Å². The van der Waals surface area contributed by atoms with Crippen molar-refractivity contribution in [1.29, 1.82) is 0 Å². The molecule has 1 aliphatic rings. The molecular weight excluding hydrogens is 208 g/mol. The summed E-state index contributed by atoms with van der Waals surface area (Å²) >= 11 is 0. The molecule has 0 unspecified atom stereocenters. The minimum atomic E-state index is -0.511. The van der Waals surface area contributed by atoms with Gasteiger partial charge in [0.2, 0.25) is 0 Å². The summed E-state index contributed by atoms with van der Waals surface area (Å²) in [6.45, 7) is 4.16. The van der Waals surface area contributed by atoms with Gasteiger partial charge in [0, 0.05) is 12.1 Å². The van der Waals surface area contributed by atoms with Gasteiger partial charge in [-0.2, -0.15) is 0 Å². The molecule has 1 aliphatic heterocycles. The van der Waals surface area contributed by atoms with Crippen LogP contribution < -0.4 is 5.32 Å². The largest absolute Gasteiger partial charge is 0.464 e. The van der Waals surface area contributed by atoms with Gasteiger partial charge in [0.05, 0.1) is 7.11 Å². The number of carbonyl (C=O) groups excluding carboxylic acids is 2. The average Bonchev–Trinajstić information content (AvgIpc) is 2.64. The van der Waals surface area contributed by atoms with Crippen molar-refractivity contribution in [3.63, 3.8) is 0 Å². The fourth-order valence-corrected chi connectivity index (χ4v) is 1.80. The van der Waals surface area contributed by atoms with E-state index in [2.05, 4.69) is 15.0 Å². The smallest absolute Gasteiger partial charge is 0.356 e. The first-order valence-corrected chi connectivity index (χ1v) is 4.92. The van der Waals surface area contributed by atoms with Crippen LogP contribution in [0.4, 0.5) is 0 Å². The van der Waals surface area contributed by atoms with Crippen molar-refractivity contribution in [1.82, 2.24) is 10.3 Å². The standard InChI is InChI=1S/C11H12N2O3/c1-5-6(2)8(11(15)16-3)13-9-7(5)4-12-10(9)14/h4H2,1-3H3,(H,12,14). The normalized spacial score (nSPS) is 13.3. The Hall–Kier alpha value is -1.91. The molecular formula is C11H12N2O3. The topological polar surface area (TPSA) is 68.3 Å². The summed E-state index contributed by atoms with van der Waals surface area (Å²) in [5.74, 6) is -0.744. The van der Waals surface area contributed by atoms with Crippen LogP contribution in [0.5, 0.6) is 0 Å². The lowest BCUT2D eigenvalue weighted by molar-refractivity contribution is 0.0593. The van der Waals surface area contributed by atoms with Crippen LogP contribution >= 0.6 is 0 Å². The number of amides is 1. The van der Waals surface area contributed by atoms with Crippen LogP contribution in [0.2, 0.25) is 0 Å². The van der Waals surface area contributed by atoms with Crippen LogP contribution in [0.1, 0.15) is 37.7 Å². The Balaban J connectivity index is 2.66. The molecule has 0 radical (unpaired) electrons. The molecule has 0 saturated heterocycles. The highest BCUT2D eigenvalue weighted by atomic mass is 16.5. The highest BCUT2D eigenvalue weighted by molar-refractivity contribution is 5.99. The fourth-order valence-electron chi connectivity index (χ4n) is 1.80. The summed E-state index contributed by atoms with van der Waals surface area (Å²) in [5.41, 5.74) is 3.11. The molecule has 1 aromatic heterocycles. The number of pyridine rings is 1. The third-order valence-electron chi connectivity index (χ3n) is 2.90. The van der Waals surface area contributed by atoms with E-state index in [-0.39, 0.29) is 11.6 Å². The summed E-state index contributed by atoms with van der Waals surface area (Å²) in [6.07, 6.45) is 0. The molecule has 1 aromatic rings. The van der Waals surface area contributed by atoms with Gasteiger partial charge >= 0.3 is 5.97 Å². The molecule has 16 heavy (non-hydrogen) atoms. The lowest BCUT2D eigenvalue weighted by atomic mass is 10.0. The van der Waals surface area contributed by atoms with Crippen molar-refractivity contribution in [2.45, 2.75) is 20.4 Å². The van der Waals surface area contributed by atoms with Gasteiger partial charge < -0.3 is 10.1 Å². The molecule has 2 heterocycles. The zero-order chi connectivity index (χ0) is 11.9. The number of esters is 1. The molecule has 0 aromatic carbocycles. The molecule has 1 N–H and O–H groups in total. The number of nitrogens with one attached hydrogen (secondary N) is 1. The lowest BCUT2D eigenvalue weighted by Crippen LogP contribution is -2.15. The number of hydrogen-bond acceptors (Lipinski definition) is 4. The first-order valence-electron chi connectivity index (χ1n) is 4.92. The Morgan fingerprint density at radius 1 is 1.38 bits per heavy atom. The molecule has 84 valence electrons. The van der Waals surface area contributed by atoms with E-state index in [9.17, 15) is 9.59 Å². The zero-order valence-corrected chi connectivity index (χ0v) is 9.38. The first-order chi connectivity index (χ1) is 7.56. The molecule has 5 heteroatoms. The number of fused-ring (bicyclic) bond motifs is 1. The monoisotopic (exact) mass is 220 g/mol. The summed E-state index contributed by atoms with van der Waals surface area (Å²) in [4.78, 5) is 27.0. The summed E-state index contributed by atoms with van der Waals surface area (Å²) in [6, 6.07) is 0. The molecule has 0 spiro atoms. The summed E-state index contributed by atoms with van der Waals surface area (Å²) in [7, 11) is 1.30. The quantitative estimate of drug-likeness (QED) is 0.708. The molecule has 1 amide bonds. The number of ether oxygens (including phenoxy) is 1. The zero-order valence-electron chi connectivity index (χ0n) is 9.38. The van der Waals surface area contributed by atoms with E-state index in [4.69, 9.17) is 0 Å². The van der Waals surface area contributed by atoms with Crippen LogP contribution in [0.15, 0.2) is 0 Å². The number of carbonyl (C=O) groups is 2. The maximum Gasteiger partial charge on any atom is 0.356 e. The third-order valence-corrected chi connectivity index (χ3v) is 2.90. The van der Waals surface area contributed by atoms with E-state index in [0.717, 1.165) is 16.7 Å². The highest BCUT2D eigenvalue weighted by Gasteiger charge is 2.27. The lowest BCUT2D eigenvalue weighted by Gasteiger charge is -2.09. The van der Waals surface area contributed by atoms with Crippen LogP contribution in [-0.4, -0.2) is 24.0 Å². The van der Waals surface area contributed by atoms with Gasteiger partial charge in [-0.25, -0.2) is 9.78 Å². The molecule has 0 saturated carbocycles. The molecule has 0 fully saturated rings. The minimum Gasteiger partial charge on any atom is -0.464 e. The van der Waals surface area contributed by atoms with E-state index in [0.29, 0.717) is 12.2 Å². The first kappa shape index (κ1) is 10.6. The predicted molar refractivity (Wildman–Crippen MR) is 56.2 cm³/mol. The van der Waals surface area contributed by atoms with E-state index in [1.54, 1.807) is 6.92 Å². The number of aromatic nitrogens is 1. The Kier molecular flexibility index (Phi) is 2.38. The molecule has 5 nitrogen and oxygen atoms in total. The maximum atomic E-state index is 11.5. The Morgan fingerprint density at radius 2 is 2.06 bits per heavy atom. The van der Waals surface area contributed by atoms with E-state index in [1.165, 1.54) is 7.11 Å². The Morgan fingerprint density at radius 3 is 2.69 bits per heavy atom. The van der Waals surface area contributed by atoms with Gasteiger partial charge in [-0.15, -0.1) is 0 Å². The van der Waals surface area contributed by atoms with E-state index >= 15 is 0 Å². The van der Waals surface area contributed by atoms with E-state index in [1.807, 2.05) is 6.92 Å². The molecule has 2 rings (SSSR count). The Bertz CT molecular complexity index is 494.